The van der Waals surface area contributed by atoms with Crippen LogP contribution in [0.15, 0.2) is 29.6 Å². The Morgan fingerprint density at radius 2 is 2.10 bits per heavy atom. The van der Waals surface area contributed by atoms with E-state index in [0.29, 0.717) is 19.6 Å². The maximum absolute atomic E-state index is 12.0. The van der Waals surface area contributed by atoms with Gasteiger partial charge >= 0.3 is 0 Å². The van der Waals surface area contributed by atoms with Gasteiger partial charge in [-0.2, -0.15) is 0 Å². The summed E-state index contributed by atoms with van der Waals surface area (Å²) in [4.78, 5) is 7.10. The summed E-state index contributed by atoms with van der Waals surface area (Å²) in [7, 11) is -2.93. The largest absolute Gasteiger partial charge is 0.494 e. The van der Waals surface area contributed by atoms with Crippen LogP contribution in [-0.4, -0.2) is 61.7 Å². The second-order valence-corrected chi connectivity index (χ2v) is 10.8. The van der Waals surface area contributed by atoms with Crippen LogP contribution >= 0.6 is 11.3 Å². The number of thiazole rings is 1. The van der Waals surface area contributed by atoms with Crippen LogP contribution in [0.3, 0.4) is 0 Å². The molecule has 0 aliphatic carbocycles. The number of ether oxygens (including phenoxy) is 2. The lowest BCUT2D eigenvalue weighted by atomic mass is 10.1. The predicted molar refractivity (Wildman–Crippen MR) is 115 cm³/mol. The number of aromatic nitrogens is 1. The zero-order valence-corrected chi connectivity index (χ0v) is 18.4. The van der Waals surface area contributed by atoms with Crippen molar-refractivity contribution in [2.75, 3.05) is 31.3 Å². The van der Waals surface area contributed by atoms with Crippen molar-refractivity contribution >= 4 is 21.2 Å². The Balaban J connectivity index is 1.47. The first-order chi connectivity index (χ1) is 14.0. The second-order valence-electron chi connectivity index (χ2n) is 7.72. The highest BCUT2D eigenvalue weighted by Gasteiger charge is 2.34. The summed E-state index contributed by atoms with van der Waals surface area (Å²) in [6.45, 7) is 4.86. The van der Waals surface area contributed by atoms with Gasteiger partial charge in [0.15, 0.2) is 9.84 Å². The van der Waals surface area contributed by atoms with Crippen LogP contribution in [0.1, 0.15) is 31.9 Å². The molecule has 8 heteroatoms. The van der Waals surface area contributed by atoms with E-state index < -0.39 is 9.84 Å². The monoisotopic (exact) mass is 436 g/mol. The maximum Gasteiger partial charge on any atom is 0.151 e. The Bertz CT molecular complexity index is 905. The summed E-state index contributed by atoms with van der Waals surface area (Å²) in [5.74, 6) is 1.39. The molecule has 0 saturated carbocycles. The van der Waals surface area contributed by atoms with Crippen LogP contribution in [0.4, 0.5) is 0 Å². The minimum absolute atomic E-state index is 0.0554. The molecule has 158 valence electrons. The number of hydrogen-bond acceptors (Lipinski definition) is 7. The first-order valence-electron chi connectivity index (χ1n) is 10.3. The van der Waals surface area contributed by atoms with Gasteiger partial charge in [-0.1, -0.05) is 0 Å². The molecule has 1 aromatic carbocycles. The summed E-state index contributed by atoms with van der Waals surface area (Å²) >= 11 is 1.62. The quantitative estimate of drug-likeness (QED) is 0.632. The topological polar surface area (TPSA) is 68.7 Å². The Labute approximate surface area is 176 Å². The maximum atomic E-state index is 12.0. The van der Waals surface area contributed by atoms with E-state index in [0.717, 1.165) is 48.0 Å². The van der Waals surface area contributed by atoms with Crippen LogP contribution in [0, 0.1) is 0 Å². The Morgan fingerprint density at radius 1 is 1.28 bits per heavy atom. The van der Waals surface area contributed by atoms with Crippen LogP contribution in [0.25, 0.3) is 10.6 Å². The fourth-order valence-corrected chi connectivity index (χ4v) is 6.62. The summed E-state index contributed by atoms with van der Waals surface area (Å²) in [6.07, 6.45) is 3.03. The van der Waals surface area contributed by atoms with Crippen molar-refractivity contribution in [1.82, 2.24) is 9.88 Å². The average Bonchev–Trinajstić information content (AvgIpc) is 3.44. The molecular formula is C21H28N2O4S2. The minimum atomic E-state index is -2.93. The first kappa shape index (κ1) is 20.8. The van der Waals surface area contributed by atoms with E-state index in [1.165, 1.54) is 0 Å². The predicted octanol–water partition coefficient (Wildman–Crippen LogP) is 3.38. The smallest absolute Gasteiger partial charge is 0.151 e. The molecule has 2 aromatic rings. The molecule has 2 aliphatic rings. The summed E-state index contributed by atoms with van der Waals surface area (Å²) < 4.78 is 35.4. The Kier molecular flexibility index (Phi) is 6.53. The van der Waals surface area contributed by atoms with Gasteiger partial charge < -0.3 is 9.47 Å². The van der Waals surface area contributed by atoms with Gasteiger partial charge in [0, 0.05) is 36.7 Å². The van der Waals surface area contributed by atoms with E-state index in [2.05, 4.69) is 10.3 Å². The highest BCUT2D eigenvalue weighted by atomic mass is 32.2. The summed E-state index contributed by atoms with van der Waals surface area (Å²) in [5, 5.41) is 3.05. The van der Waals surface area contributed by atoms with Gasteiger partial charge in [0.1, 0.15) is 10.8 Å². The number of nitrogens with zero attached hydrogens (tertiary/aromatic N) is 2. The molecule has 2 fully saturated rings. The number of benzene rings is 1. The van der Waals surface area contributed by atoms with E-state index in [1.807, 2.05) is 31.2 Å². The molecule has 0 N–H and O–H groups in total. The van der Waals surface area contributed by atoms with Crippen molar-refractivity contribution < 1.29 is 17.9 Å². The fourth-order valence-electron chi connectivity index (χ4n) is 4.04. The molecule has 29 heavy (non-hydrogen) atoms. The minimum Gasteiger partial charge on any atom is -0.494 e. The van der Waals surface area contributed by atoms with Gasteiger partial charge in [0.25, 0.3) is 0 Å². The molecule has 2 saturated heterocycles. The lowest BCUT2D eigenvalue weighted by molar-refractivity contribution is 0.0570. The van der Waals surface area contributed by atoms with Crippen molar-refractivity contribution in [3.05, 3.63) is 35.3 Å². The molecule has 2 aliphatic heterocycles. The van der Waals surface area contributed by atoms with Crippen molar-refractivity contribution in [2.24, 2.45) is 0 Å². The number of sulfone groups is 1. The third-order valence-electron chi connectivity index (χ3n) is 5.52. The van der Waals surface area contributed by atoms with Gasteiger partial charge in [-0.15, -0.1) is 11.3 Å². The van der Waals surface area contributed by atoms with Gasteiger partial charge in [-0.05, 0) is 50.5 Å². The SMILES string of the molecule is CCOc1ccc(-c2nc(CN(CC3CCCO3)C3CCS(=O)(=O)C3)cs2)cc1. The zero-order valence-electron chi connectivity index (χ0n) is 16.7. The standard InChI is InChI=1S/C21H28N2O4S2/c1-2-26-19-7-5-16(6-8-19)21-22-17(14-28-21)12-23(13-20-4-3-10-27-20)18-9-11-29(24,25)15-18/h5-8,14,18,20H,2-4,9-13,15H2,1H3. The van der Waals surface area contributed by atoms with Crippen LogP contribution < -0.4 is 4.74 Å². The van der Waals surface area contributed by atoms with Crippen molar-refractivity contribution in [2.45, 2.75) is 44.9 Å². The Morgan fingerprint density at radius 3 is 2.76 bits per heavy atom. The van der Waals surface area contributed by atoms with Gasteiger partial charge in [0.05, 0.1) is 29.9 Å². The number of rotatable bonds is 8. The van der Waals surface area contributed by atoms with Gasteiger partial charge in [-0.3, -0.25) is 4.90 Å². The third-order valence-corrected chi connectivity index (χ3v) is 8.21. The fraction of sp³-hybridized carbons (Fsp3) is 0.571. The van der Waals surface area contributed by atoms with E-state index in [9.17, 15) is 8.42 Å². The molecule has 0 bridgehead atoms. The van der Waals surface area contributed by atoms with Gasteiger partial charge in [-0.25, -0.2) is 13.4 Å². The molecule has 2 unspecified atom stereocenters. The normalized spacial score (nSPS) is 23.7. The lowest BCUT2D eigenvalue weighted by Crippen LogP contribution is -2.40. The van der Waals surface area contributed by atoms with E-state index in [4.69, 9.17) is 14.5 Å². The van der Waals surface area contributed by atoms with Gasteiger partial charge in [0.2, 0.25) is 0 Å². The highest BCUT2D eigenvalue weighted by molar-refractivity contribution is 7.91. The van der Waals surface area contributed by atoms with E-state index in [1.54, 1.807) is 11.3 Å². The molecule has 2 atom stereocenters. The molecule has 0 radical (unpaired) electrons. The second kappa shape index (κ2) is 9.12. The van der Waals surface area contributed by atoms with Crippen LogP contribution in [0.5, 0.6) is 5.75 Å². The van der Waals surface area contributed by atoms with Crippen molar-refractivity contribution in [3.8, 4) is 16.3 Å². The molecule has 4 rings (SSSR count). The molecule has 6 nitrogen and oxygen atoms in total. The third kappa shape index (κ3) is 5.36. The summed E-state index contributed by atoms with van der Waals surface area (Å²) in [6, 6.07) is 8.04. The highest BCUT2D eigenvalue weighted by Crippen LogP contribution is 2.28. The molecule has 3 heterocycles. The first-order valence-corrected chi connectivity index (χ1v) is 13.0. The van der Waals surface area contributed by atoms with E-state index in [-0.39, 0.29) is 23.7 Å². The molecular weight excluding hydrogens is 408 g/mol. The van der Waals surface area contributed by atoms with Crippen LogP contribution in [-0.2, 0) is 21.1 Å². The van der Waals surface area contributed by atoms with Crippen molar-refractivity contribution in [3.63, 3.8) is 0 Å². The Hall–Kier alpha value is -1.48. The zero-order chi connectivity index (χ0) is 20.3. The van der Waals surface area contributed by atoms with E-state index >= 15 is 0 Å². The lowest BCUT2D eigenvalue weighted by Gasteiger charge is -2.29. The number of hydrogen-bond donors (Lipinski definition) is 0. The van der Waals surface area contributed by atoms with Crippen LogP contribution in [0.2, 0.25) is 0 Å². The molecule has 0 spiro atoms. The molecule has 1 aromatic heterocycles. The summed E-state index contributed by atoms with van der Waals surface area (Å²) in [5.41, 5.74) is 2.06. The molecule has 0 amide bonds. The average molecular weight is 437 g/mol. The van der Waals surface area contributed by atoms with Crippen molar-refractivity contribution in [1.29, 1.82) is 0 Å².